The summed E-state index contributed by atoms with van der Waals surface area (Å²) in [4.78, 5) is 12.1. The molecular formula is C15H13BrO2. The lowest BCUT2D eigenvalue weighted by atomic mass is 10.0. The average molecular weight is 305 g/mol. The van der Waals surface area contributed by atoms with E-state index < -0.39 is 0 Å². The summed E-state index contributed by atoms with van der Waals surface area (Å²) in [5, 5.41) is 0. The van der Waals surface area contributed by atoms with Crippen LogP contribution in [0.15, 0.2) is 46.9 Å². The van der Waals surface area contributed by atoms with E-state index in [-0.39, 0.29) is 5.97 Å². The fourth-order valence-corrected chi connectivity index (χ4v) is 2.04. The zero-order valence-electron chi connectivity index (χ0n) is 10.2. The van der Waals surface area contributed by atoms with Crippen LogP contribution in [0.25, 0.3) is 0 Å². The van der Waals surface area contributed by atoms with Gasteiger partial charge in [0.25, 0.3) is 0 Å². The third kappa shape index (κ3) is 2.79. The summed E-state index contributed by atoms with van der Waals surface area (Å²) in [7, 11) is 0. The molecule has 0 atom stereocenters. The van der Waals surface area contributed by atoms with Crippen LogP contribution in [-0.4, -0.2) is 5.97 Å². The van der Waals surface area contributed by atoms with E-state index >= 15 is 0 Å². The maximum Gasteiger partial charge on any atom is 0.343 e. The summed E-state index contributed by atoms with van der Waals surface area (Å²) < 4.78 is 6.23. The van der Waals surface area contributed by atoms with Crippen molar-refractivity contribution in [1.82, 2.24) is 0 Å². The highest BCUT2D eigenvalue weighted by atomic mass is 79.9. The van der Waals surface area contributed by atoms with Crippen LogP contribution in [0, 0.1) is 13.8 Å². The summed E-state index contributed by atoms with van der Waals surface area (Å²) in [6.45, 7) is 3.90. The SMILES string of the molecule is Cc1cccc(C(=O)Oc2cccc(Br)c2)c1C. The first-order valence-corrected chi connectivity index (χ1v) is 6.41. The van der Waals surface area contributed by atoms with Crippen LogP contribution in [0.4, 0.5) is 0 Å². The van der Waals surface area contributed by atoms with Crippen molar-refractivity contribution in [3.63, 3.8) is 0 Å². The Bertz CT molecular complexity index is 591. The molecule has 0 spiro atoms. The van der Waals surface area contributed by atoms with Gasteiger partial charge in [-0.2, -0.15) is 0 Å². The van der Waals surface area contributed by atoms with Crippen molar-refractivity contribution in [2.24, 2.45) is 0 Å². The first-order valence-electron chi connectivity index (χ1n) is 5.62. The van der Waals surface area contributed by atoms with Crippen LogP contribution < -0.4 is 4.74 Å². The second kappa shape index (κ2) is 5.36. The highest BCUT2D eigenvalue weighted by Gasteiger charge is 2.12. The number of carbonyl (C=O) groups is 1. The number of hydrogen-bond acceptors (Lipinski definition) is 2. The van der Waals surface area contributed by atoms with Crippen LogP contribution in [0.5, 0.6) is 5.75 Å². The van der Waals surface area contributed by atoms with Crippen molar-refractivity contribution in [2.75, 3.05) is 0 Å². The van der Waals surface area contributed by atoms with Gasteiger partial charge < -0.3 is 4.74 Å². The molecular weight excluding hydrogens is 292 g/mol. The summed E-state index contributed by atoms with van der Waals surface area (Å²) in [6.07, 6.45) is 0. The predicted octanol–water partition coefficient (Wildman–Crippen LogP) is 4.29. The molecule has 0 amide bonds. The molecule has 0 heterocycles. The van der Waals surface area contributed by atoms with Gasteiger partial charge >= 0.3 is 5.97 Å². The maximum absolute atomic E-state index is 12.1. The molecule has 0 saturated carbocycles. The molecule has 2 aromatic rings. The number of aryl methyl sites for hydroxylation is 1. The fraction of sp³-hybridized carbons (Fsp3) is 0.133. The lowest BCUT2D eigenvalue weighted by Gasteiger charge is -2.08. The highest BCUT2D eigenvalue weighted by molar-refractivity contribution is 9.10. The third-order valence-corrected chi connectivity index (χ3v) is 3.32. The van der Waals surface area contributed by atoms with Gasteiger partial charge in [0, 0.05) is 4.47 Å². The number of halogens is 1. The molecule has 18 heavy (non-hydrogen) atoms. The second-order valence-electron chi connectivity index (χ2n) is 4.09. The van der Waals surface area contributed by atoms with E-state index in [1.54, 1.807) is 18.2 Å². The molecule has 2 nitrogen and oxygen atoms in total. The fourth-order valence-electron chi connectivity index (χ4n) is 1.66. The lowest BCUT2D eigenvalue weighted by molar-refractivity contribution is 0.0734. The van der Waals surface area contributed by atoms with Crippen LogP contribution in [0.2, 0.25) is 0 Å². The summed E-state index contributed by atoms with van der Waals surface area (Å²) in [6, 6.07) is 12.9. The zero-order chi connectivity index (χ0) is 13.1. The zero-order valence-corrected chi connectivity index (χ0v) is 11.8. The minimum atomic E-state index is -0.325. The maximum atomic E-state index is 12.1. The minimum Gasteiger partial charge on any atom is -0.423 e. The summed E-state index contributed by atoms with van der Waals surface area (Å²) in [5.41, 5.74) is 2.64. The van der Waals surface area contributed by atoms with Crippen molar-refractivity contribution in [1.29, 1.82) is 0 Å². The van der Waals surface area contributed by atoms with Gasteiger partial charge in [-0.15, -0.1) is 0 Å². The Balaban J connectivity index is 2.25. The number of ether oxygens (including phenoxy) is 1. The normalized spacial score (nSPS) is 10.2. The molecule has 0 unspecified atom stereocenters. The largest absolute Gasteiger partial charge is 0.423 e. The molecule has 0 aliphatic heterocycles. The predicted molar refractivity (Wildman–Crippen MR) is 75.0 cm³/mol. The van der Waals surface area contributed by atoms with Gasteiger partial charge in [0.1, 0.15) is 5.75 Å². The van der Waals surface area contributed by atoms with Gasteiger partial charge in [-0.05, 0) is 49.2 Å². The first-order chi connectivity index (χ1) is 8.58. The van der Waals surface area contributed by atoms with E-state index in [1.807, 2.05) is 38.1 Å². The minimum absolute atomic E-state index is 0.325. The Morgan fingerprint density at radius 2 is 1.83 bits per heavy atom. The molecule has 0 aromatic heterocycles. The molecule has 0 aliphatic carbocycles. The number of esters is 1. The smallest absolute Gasteiger partial charge is 0.343 e. The van der Waals surface area contributed by atoms with Crippen molar-refractivity contribution in [2.45, 2.75) is 13.8 Å². The van der Waals surface area contributed by atoms with E-state index in [9.17, 15) is 4.79 Å². The van der Waals surface area contributed by atoms with Crippen molar-refractivity contribution in [3.8, 4) is 5.75 Å². The van der Waals surface area contributed by atoms with Gasteiger partial charge in [0.2, 0.25) is 0 Å². The first kappa shape index (κ1) is 12.8. The number of carbonyl (C=O) groups excluding carboxylic acids is 1. The topological polar surface area (TPSA) is 26.3 Å². The molecule has 0 saturated heterocycles. The van der Waals surface area contributed by atoms with Crippen LogP contribution in [0.1, 0.15) is 21.5 Å². The standard InChI is InChI=1S/C15H13BrO2/c1-10-5-3-8-14(11(10)2)15(17)18-13-7-4-6-12(16)9-13/h3-9H,1-2H3. The second-order valence-corrected chi connectivity index (χ2v) is 5.01. The molecule has 0 radical (unpaired) electrons. The lowest BCUT2D eigenvalue weighted by Crippen LogP contribution is -2.10. The number of benzene rings is 2. The van der Waals surface area contributed by atoms with Crippen LogP contribution >= 0.6 is 15.9 Å². The summed E-state index contributed by atoms with van der Waals surface area (Å²) >= 11 is 3.34. The van der Waals surface area contributed by atoms with Crippen molar-refractivity contribution in [3.05, 3.63) is 63.6 Å². The van der Waals surface area contributed by atoms with E-state index in [4.69, 9.17) is 4.74 Å². The van der Waals surface area contributed by atoms with Gasteiger partial charge in [0.15, 0.2) is 0 Å². The van der Waals surface area contributed by atoms with Gasteiger partial charge in [0.05, 0.1) is 5.56 Å². The Kier molecular flexibility index (Phi) is 3.82. The van der Waals surface area contributed by atoms with Gasteiger partial charge in [-0.1, -0.05) is 34.1 Å². The molecule has 2 aromatic carbocycles. The number of rotatable bonds is 2. The summed E-state index contributed by atoms with van der Waals surface area (Å²) in [5.74, 6) is 0.213. The van der Waals surface area contributed by atoms with E-state index in [1.165, 1.54) is 0 Å². The quantitative estimate of drug-likeness (QED) is 0.611. The Morgan fingerprint density at radius 3 is 2.56 bits per heavy atom. The van der Waals surface area contributed by atoms with Crippen LogP contribution in [-0.2, 0) is 0 Å². The van der Waals surface area contributed by atoms with Crippen molar-refractivity contribution >= 4 is 21.9 Å². The molecule has 0 aliphatic rings. The Labute approximate surface area is 115 Å². The highest BCUT2D eigenvalue weighted by Crippen LogP contribution is 2.20. The average Bonchev–Trinajstić information content (AvgIpc) is 2.32. The van der Waals surface area contributed by atoms with Crippen molar-refractivity contribution < 1.29 is 9.53 Å². The van der Waals surface area contributed by atoms with E-state index in [0.717, 1.165) is 15.6 Å². The molecule has 3 heteroatoms. The van der Waals surface area contributed by atoms with E-state index in [2.05, 4.69) is 15.9 Å². The molecule has 92 valence electrons. The molecule has 2 rings (SSSR count). The van der Waals surface area contributed by atoms with Gasteiger partial charge in [-0.25, -0.2) is 4.79 Å². The van der Waals surface area contributed by atoms with Gasteiger partial charge in [-0.3, -0.25) is 0 Å². The number of hydrogen-bond donors (Lipinski definition) is 0. The van der Waals surface area contributed by atoms with E-state index in [0.29, 0.717) is 11.3 Å². The van der Waals surface area contributed by atoms with Crippen LogP contribution in [0.3, 0.4) is 0 Å². The molecule has 0 fully saturated rings. The monoisotopic (exact) mass is 304 g/mol. The molecule has 0 N–H and O–H groups in total. The molecule has 0 bridgehead atoms. The third-order valence-electron chi connectivity index (χ3n) is 2.83. The Hall–Kier alpha value is -1.61. The Morgan fingerprint density at radius 1 is 1.11 bits per heavy atom.